The van der Waals surface area contributed by atoms with E-state index in [1.807, 2.05) is 78.9 Å². The monoisotopic (exact) mass is 470 g/mol. The first-order valence-corrected chi connectivity index (χ1v) is 12.3. The highest BCUT2D eigenvalue weighted by molar-refractivity contribution is 8.00. The number of aromatic nitrogens is 3. The molecule has 1 saturated heterocycles. The molecule has 1 aliphatic heterocycles. The topological polar surface area (TPSA) is 60.3 Å². The lowest BCUT2D eigenvalue weighted by molar-refractivity contribution is 0.0989. The van der Waals surface area contributed by atoms with Crippen molar-refractivity contribution in [3.05, 3.63) is 108 Å². The van der Waals surface area contributed by atoms with Crippen molar-refractivity contribution in [2.45, 2.75) is 17.0 Å². The van der Waals surface area contributed by atoms with Gasteiger partial charge in [-0.3, -0.25) is 9.36 Å². The first kappa shape index (κ1) is 22.4. The molecule has 1 unspecified atom stereocenters. The maximum atomic E-state index is 13.6. The van der Waals surface area contributed by atoms with Gasteiger partial charge in [0.05, 0.1) is 19.8 Å². The van der Waals surface area contributed by atoms with Gasteiger partial charge in [0.15, 0.2) is 10.9 Å². The van der Waals surface area contributed by atoms with Crippen LogP contribution in [0.4, 0.5) is 5.95 Å². The summed E-state index contributed by atoms with van der Waals surface area (Å²) in [5, 5.41) is 9.43. The van der Waals surface area contributed by atoms with Crippen LogP contribution in [-0.4, -0.2) is 46.9 Å². The van der Waals surface area contributed by atoms with Crippen LogP contribution in [0, 0.1) is 0 Å². The van der Waals surface area contributed by atoms with Gasteiger partial charge in [0.25, 0.3) is 0 Å². The molecule has 0 saturated carbocycles. The van der Waals surface area contributed by atoms with Gasteiger partial charge in [-0.05, 0) is 11.1 Å². The number of benzene rings is 3. The van der Waals surface area contributed by atoms with Gasteiger partial charge in [-0.2, -0.15) is 0 Å². The smallest absolute Gasteiger partial charge is 0.228 e. The molecule has 0 amide bonds. The average Bonchev–Trinajstić information content (AvgIpc) is 3.31. The van der Waals surface area contributed by atoms with Crippen molar-refractivity contribution in [3.63, 3.8) is 0 Å². The normalized spacial score (nSPS) is 14.6. The van der Waals surface area contributed by atoms with Crippen LogP contribution in [0.2, 0.25) is 0 Å². The molecule has 1 aliphatic rings. The summed E-state index contributed by atoms with van der Waals surface area (Å²) in [6.07, 6.45) is 0. The number of hydrogen-bond donors (Lipinski definition) is 0. The Balaban J connectivity index is 1.52. The highest BCUT2D eigenvalue weighted by atomic mass is 32.2. The largest absolute Gasteiger partial charge is 0.378 e. The number of Topliss-reactive ketones (excluding diaryl/α,β-unsaturated/α-hetero) is 1. The predicted octanol–water partition coefficient (Wildman–Crippen LogP) is 4.88. The molecule has 172 valence electrons. The van der Waals surface area contributed by atoms with Gasteiger partial charge in [0.2, 0.25) is 5.95 Å². The number of ketones is 1. The second kappa shape index (κ2) is 10.7. The van der Waals surface area contributed by atoms with Crippen LogP contribution < -0.4 is 4.90 Å². The van der Waals surface area contributed by atoms with Gasteiger partial charge in [-0.15, -0.1) is 10.2 Å². The number of ether oxygens (including phenoxy) is 1. The van der Waals surface area contributed by atoms with E-state index in [2.05, 4.69) is 31.8 Å². The third kappa shape index (κ3) is 5.05. The van der Waals surface area contributed by atoms with E-state index < -0.39 is 5.25 Å². The maximum Gasteiger partial charge on any atom is 0.228 e. The summed E-state index contributed by atoms with van der Waals surface area (Å²) in [6, 6.07) is 29.6. The van der Waals surface area contributed by atoms with Crippen LogP contribution in [0.1, 0.15) is 26.7 Å². The Kier molecular flexibility index (Phi) is 7.02. The summed E-state index contributed by atoms with van der Waals surface area (Å²) in [4.78, 5) is 15.8. The number of carbonyl (C=O) groups is 1. The van der Waals surface area contributed by atoms with Crippen LogP contribution >= 0.6 is 11.8 Å². The van der Waals surface area contributed by atoms with Gasteiger partial charge >= 0.3 is 0 Å². The zero-order valence-electron chi connectivity index (χ0n) is 18.8. The first-order valence-electron chi connectivity index (χ1n) is 11.4. The zero-order chi connectivity index (χ0) is 23.2. The summed E-state index contributed by atoms with van der Waals surface area (Å²) < 4.78 is 7.66. The average molecular weight is 471 g/mol. The van der Waals surface area contributed by atoms with E-state index in [-0.39, 0.29) is 5.78 Å². The Morgan fingerprint density at radius 2 is 1.47 bits per heavy atom. The minimum absolute atomic E-state index is 0.0546. The van der Waals surface area contributed by atoms with Crippen LogP contribution in [-0.2, 0) is 11.3 Å². The van der Waals surface area contributed by atoms with Gasteiger partial charge in [0.1, 0.15) is 5.25 Å². The van der Waals surface area contributed by atoms with E-state index in [4.69, 9.17) is 4.74 Å². The number of hydrogen-bond acceptors (Lipinski definition) is 6. The molecule has 5 rings (SSSR count). The second-order valence-corrected chi connectivity index (χ2v) is 9.16. The molecule has 7 heteroatoms. The molecule has 0 aliphatic carbocycles. The highest BCUT2D eigenvalue weighted by Gasteiger charge is 2.28. The minimum Gasteiger partial charge on any atom is -0.378 e. The van der Waals surface area contributed by atoms with Gasteiger partial charge in [-0.25, -0.2) is 0 Å². The van der Waals surface area contributed by atoms with E-state index in [0.29, 0.717) is 25.3 Å². The number of thioether (sulfide) groups is 1. The van der Waals surface area contributed by atoms with Crippen molar-refractivity contribution in [1.29, 1.82) is 0 Å². The highest BCUT2D eigenvalue weighted by Crippen LogP contribution is 2.38. The molecular formula is C27H26N4O2S. The molecule has 1 atom stereocenters. The Labute approximate surface area is 203 Å². The summed E-state index contributed by atoms with van der Waals surface area (Å²) in [7, 11) is 0. The molecule has 0 bridgehead atoms. The lowest BCUT2D eigenvalue weighted by atomic mass is 10.0. The van der Waals surface area contributed by atoms with E-state index in [1.165, 1.54) is 11.8 Å². The quantitative estimate of drug-likeness (QED) is 0.270. The molecular weight excluding hydrogens is 444 g/mol. The Bertz CT molecular complexity index is 1210. The summed E-state index contributed by atoms with van der Waals surface area (Å²) in [5.41, 5.74) is 2.79. The van der Waals surface area contributed by atoms with Crippen molar-refractivity contribution in [3.8, 4) is 0 Å². The van der Waals surface area contributed by atoms with Crippen molar-refractivity contribution < 1.29 is 9.53 Å². The van der Waals surface area contributed by atoms with Crippen LogP contribution in [0.5, 0.6) is 0 Å². The Morgan fingerprint density at radius 1 is 0.853 bits per heavy atom. The van der Waals surface area contributed by atoms with Crippen LogP contribution in [0.3, 0.4) is 0 Å². The molecule has 4 aromatic rings. The molecule has 0 radical (unpaired) electrons. The summed E-state index contributed by atoms with van der Waals surface area (Å²) >= 11 is 1.46. The molecule has 0 N–H and O–H groups in total. The third-order valence-corrected chi connectivity index (χ3v) is 7.03. The SMILES string of the molecule is O=C(c1ccccc1)C(Sc1nnc(N2CCOCC2)n1Cc1ccccc1)c1ccccc1. The fourth-order valence-corrected chi connectivity index (χ4v) is 5.14. The molecule has 1 fully saturated rings. The van der Waals surface area contributed by atoms with Gasteiger partial charge in [-0.1, -0.05) is 103 Å². The summed E-state index contributed by atoms with van der Waals surface area (Å²) in [6.45, 7) is 3.49. The number of morpholine rings is 1. The fourth-order valence-electron chi connectivity index (χ4n) is 4.03. The van der Waals surface area contributed by atoms with Crippen molar-refractivity contribution >= 4 is 23.5 Å². The van der Waals surface area contributed by atoms with Gasteiger partial charge in [0, 0.05) is 18.7 Å². The standard InChI is InChI=1S/C27H26N4O2S/c32-24(22-12-6-2-7-13-22)25(23-14-8-3-9-15-23)34-27-29-28-26(30-16-18-33-19-17-30)31(27)20-21-10-4-1-5-11-21/h1-15,25H,16-20H2. The third-order valence-electron chi connectivity index (χ3n) is 5.80. The van der Waals surface area contributed by atoms with Crippen LogP contribution in [0.25, 0.3) is 0 Å². The Hall–Kier alpha value is -3.42. The van der Waals surface area contributed by atoms with Crippen molar-refractivity contribution in [1.82, 2.24) is 14.8 Å². The molecule has 0 spiro atoms. The zero-order valence-corrected chi connectivity index (χ0v) is 19.6. The number of nitrogens with zero attached hydrogens (tertiary/aromatic N) is 4. The molecule has 3 aromatic carbocycles. The molecule has 6 nitrogen and oxygen atoms in total. The number of rotatable bonds is 8. The van der Waals surface area contributed by atoms with Crippen LogP contribution in [0.15, 0.2) is 96.2 Å². The maximum absolute atomic E-state index is 13.6. The molecule has 2 heterocycles. The number of carbonyl (C=O) groups excluding carboxylic acids is 1. The Morgan fingerprint density at radius 3 is 2.15 bits per heavy atom. The minimum atomic E-state index is -0.431. The lowest BCUT2D eigenvalue weighted by Gasteiger charge is -2.28. The molecule has 34 heavy (non-hydrogen) atoms. The predicted molar refractivity (Wildman–Crippen MR) is 134 cm³/mol. The fraction of sp³-hybridized carbons (Fsp3) is 0.222. The van der Waals surface area contributed by atoms with E-state index in [1.54, 1.807) is 0 Å². The first-order chi connectivity index (χ1) is 16.8. The van der Waals surface area contributed by atoms with E-state index >= 15 is 0 Å². The van der Waals surface area contributed by atoms with E-state index in [9.17, 15) is 4.79 Å². The lowest BCUT2D eigenvalue weighted by Crippen LogP contribution is -2.38. The summed E-state index contributed by atoms with van der Waals surface area (Å²) in [5.74, 6) is 0.868. The van der Waals surface area contributed by atoms with Gasteiger partial charge < -0.3 is 9.64 Å². The number of anilines is 1. The van der Waals surface area contributed by atoms with Crippen molar-refractivity contribution in [2.24, 2.45) is 0 Å². The molecule has 1 aromatic heterocycles. The van der Waals surface area contributed by atoms with E-state index in [0.717, 1.165) is 35.3 Å². The van der Waals surface area contributed by atoms with Crippen molar-refractivity contribution in [2.75, 3.05) is 31.2 Å². The second-order valence-electron chi connectivity index (χ2n) is 8.09.